The minimum Gasteiger partial charge on any atom is -0.340 e. The first-order valence-electron chi connectivity index (χ1n) is 10.8. The summed E-state index contributed by atoms with van der Waals surface area (Å²) < 4.78 is 28.4. The summed E-state index contributed by atoms with van der Waals surface area (Å²) in [6, 6.07) is 15.4. The van der Waals surface area contributed by atoms with Gasteiger partial charge in [0.1, 0.15) is 23.3 Å². The molecule has 0 spiro atoms. The largest absolute Gasteiger partial charge is 0.340 e. The van der Waals surface area contributed by atoms with Crippen LogP contribution in [0.3, 0.4) is 0 Å². The van der Waals surface area contributed by atoms with Gasteiger partial charge in [-0.1, -0.05) is 17.7 Å². The van der Waals surface area contributed by atoms with E-state index in [4.69, 9.17) is 11.6 Å². The lowest BCUT2D eigenvalue weighted by Gasteiger charge is -2.20. The molecule has 1 aliphatic rings. The quantitative estimate of drug-likeness (QED) is 0.402. The van der Waals surface area contributed by atoms with Gasteiger partial charge in [-0.05, 0) is 66.6 Å². The van der Waals surface area contributed by atoms with Crippen molar-refractivity contribution in [3.05, 3.63) is 88.7 Å². The van der Waals surface area contributed by atoms with Gasteiger partial charge in [0.2, 0.25) is 5.91 Å². The van der Waals surface area contributed by atoms with E-state index in [1.54, 1.807) is 35.2 Å². The van der Waals surface area contributed by atoms with E-state index in [0.29, 0.717) is 53.9 Å². The predicted octanol–water partition coefficient (Wildman–Crippen LogP) is 4.57. The summed E-state index contributed by atoms with van der Waals surface area (Å²) in [6.07, 6.45) is 1.30. The van der Waals surface area contributed by atoms with Gasteiger partial charge in [-0.15, -0.1) is 5.10 Å². The molecule has 0 aliphatic carbocycles. The van der Waals surface area contributed by atoms with E-state index in [9.17, 15) is 13.6 Å². The van der Waals surface area contributed by atoms with E-state index in [1.165, 1.54) is 28.9 Å². The highest BCUT2D eigenvalue weighted by Gasteiger charge is 2.22. The van der Waals surface area contributed by atoms with Crippen molar-refractivity contribution in [2.24, 2.45) is 0 Å². The van der Waals surface area contributed by atoms with Crippen molar-refractivity contribution in [2.45, 2.75) is 19.4 Å². The van der Waals surface area contributed by atoms with Crippen molar-refractivity contribution in [1.82, 2.24) is 24.6 Å². The van der Waals surface area contributed by atoms with Crippen LogP contribution in [0.4, 0.5) is 8.78 Å². The van der Waals surface area contributed by atoms with Crippen LogP contribution in [0.25, 0.3) is 22.8 Å². The van der Waals surface area contributed by atoms with Gasteiger partial charge in [-0.3, -0.25) is 4.79 Å². The van der Waals surface area contributed by atoms with Gasteiger partial charge in [0, 0.05) is 36.3 Å². The number of carbonyl (C=O) groups is 1. The number of pyridine rings is 1. The molecule has 0 fully saturated rings. The number of hydrogen-bond acceptors (Lipinski definition) is 4. The first-order chi connectivity index (χ1) is 16.5. The second kappa shape index (κ2) is 9.30. The van der Waals surface area contributed by atoms with Crippen LogP contribution in [0.1, 0.15) is 11.3 Å². The molecule has 6 nitrogen and oxygen atoms in total. The Kier molecular flexibility index (Phi) is 6.06. The van der Waals surface area contributed by atoms with Gasteiger partial charge < -0.3 is 4.90 Å². The molecule has 0 N–H and O–H groups in total. The molecule has 1 aliphatic heterocycles. The molecule has 0 bridgehead atoms. The number of carbonyl (C=O) groups excluding carboxylic acids is 1. The fourth-order valence-electron chi connectivity index (χ4n) is 4.02. The third kappa shape index (κ3) is 4.68. The number of halogens is 3. The molecule has 5 rings (SSSR count). The Morgan fingerprint density at radius 3 is 2.21 bits per heavy atom. The average Bonchev–Trinajstić information content (AvgIpc) is 3.12. The summed E-state index contributed by atoms with van der Waals surface area (Å²) in [5, 5.41) is 4.97. The zero-order chi connectivity index (χ0) is 23.7. The summed E-state index contributed by atoms with van der Waals surface area (Å²) in [5.74, 6) is -0.0659. The van der Waals surface area contributed by atoms with Crippen molar-refractivity contribution in [2.75, 3.05) is 13.1 Å². The zero-order valence-corrected chi connectivity index (χ0v) is 18.8. The molecule has 34 heavy (non-hydrogen) atoms. The minimum atomic E-state index is -0.373. The highest BCUT2D eigenvalue weighted by atomic mass is 35.5. The Hall–Kier alpha value is -3.65. The van der Waals surface area contributed by atoms with Crippen molar-refractivity contribution in [3.63, 3.8) is 0 Å². The molecule has 0 radical (unpaired) electrons. The average molecular weight is 480 g/mol. The van der Waals surface area contributed by atoms with Gasteiger partial charge in [0.15, 0.2) is 11.6 Å². The molecule has 9 heteroatoms. The normalized spacial score (nSPS) is 13.4. The number of rotatable bonds is 4. The summed E-state index contributed by atoms with van der Waals surface area (Å²) >= 11 is 6.03. The van der Waals surface area contributed by atoms with Crippen LogP contribution in [0.15, 0.2) is 60.7 Å². The van der Waals surface area contributed by atoms with Gasteiger partial charge in [0.05, 0.1) is 0 Å². The first-order valence-corrected chi connectivity index (χ1v) is 11.2. The molecule has 0 unspecified atom stereocenters. The molecule has 0 saturated carbocycles. The van der Waals surface area contributed by atoms with Gasteiger partial charge in [-0.2, -0.15) is 0 Å². The molecule has 3 heterocycles. The van der Waals surface area contributed by atoms with Crippen LogP contribution in [0.5, 0.6) is 0 Å². The standard InChI is InChI=1S/C25H20ClF2N5O/c26-22-10-5-16-11-13-32(14-12-21(16)29-22)23(34)15-33-25(18-3-8-20(28)9-4-18)30-24(31-33)17-1-6-19(27)7-2-17/h1-10H,11-15H2. The van der Waals surface area contributed by atoms with Gasteiger partial charge in [0.25, 0.3) is 0 Å². The lowest BCUT2D eigenvalue weighted by atomic mass is 10.1. The SMILES string of the molecule is O=C(Cn1nc(-c2ccc(F)cc2)nc1-c1ccc(F)cc1)N1CCc2ccc(Cl)nc2CC1. The fraction of sp³-hybridized carbons (Fsp3) is 0.200. The molecular weight excluding hydrogens is 460 g/mol. The van der Waals surface area contributed by atoms with Crippen LogP contribution in [0.2, 0.25) is 5.15 Å². The van der Waals surface area contributed by atoms with E-state index >= 15 is 0 Å². The maximum absolute atomic E-state index is 13.5. The summed E-state index contributed by atoms with van der Waals surface area (Å²) in [5.41, 5.74) is 3.24. The third-order valence-corrected chi connectivity index (χ3v) is 6.03. The van der Waals surface area contributed by atoms with Crippen molar-refractivity contribution in [3.8, 4) is 22.8 Å². The maximum Gasteiger partial charge on any atom is 0.244 e. The van der Waals surface area contributed by atoms with Crippen LogP contribution >= 0.6 is 11.6 Å². The molecule has 1 amide bonds. The monoisotopic (exact) mass is 479 g/mol. The van der Waals surface area contributed by atoms with E-state index in [1.807, 2.05) is 6.07 Å². The molecule has 2 aromatic heterocycles. The minimum absolute atomic E-state index is 0.0363. The Balaban J connectivity index is 1.42. The molecule has 172 valence electrons. The Labute approximate surface area is 199 Å². The second-order valence-electron chi connectivity index (χ2n) is 8.05. The topological polar surface area (TPSA) is 63.9 Å². The van der Waals surface area contributed by atoms with E-state index < -0.39 is 0 Å². The van der Waals surface area contributed by atoms with Crippen LogP contribution in [0, 0.1) is 11.6 Å². The summed E-state index contributed by atoms with van der Waals surface area (Å²) in [4.78, 5) is 24.0. The Morgan fingerprint density at radius 1 is 0.853 bits per heavy atom. The van der Waals surface area contributed by atoms with E-state index in [-0.39, 0.29) is 24.1 Å². The summed E-state index contributed by atoms with van der Waals surface area (Å²) in [7, 11) is 0. The van der Waals surface area contributed by atoms with Crippen molar-refractivity contribution < 1.29 is 13.6 Å². The van der Waals surface area contributed by atoms with E-state index in [2.05, 4.69) is 15.1 Å². The molecular formula is C25H20ClF2N5O. The van der Waals surface area contributed by atoms with Crippen LogP contribution < -0.4 is 0 Å². The van der Waals surface area contributed by atoms with Crippen molar-refractivity contribution >= 4 is 17.5 Å². The van der Waals surface area contributed by atoms with Gasteiger partial charge in [-0.25, -0.2) is 23.4 Å². The number of benzene rings is 2. The highest BCUT2D eigenvalue weighted by Crippen LogP contribution is 2.24. The van der Waals surface area contributed by atoms with Crippen molar-refractivity contribution in [1.29, 1.82) is 0 Å². The Morgan fingerprint density at radius 2 is 1.50 bits per heavy atom. The highest BCUT2D eigenvalue weighted by molar-refractivity contribution is 6.29. The third-order valence-electron chi connectivity index (χ3n) is 5.82. The number of fused-ring (bicyclic) bond motifs is 1. The maximum atomic E-state index is 13.5. The number of aromatic nitrogens is 4. The zero-order valence-electron chi connectivity index (χ0n) is 18.1. The van der Waals surface area contributed by atoms with Gasteiger partial charge >= 0.3 is 0 Å². The number of nitrogens with zero attached hydrogens (tertiary/aromatic N) is 5. The first kappa shape index (κ1) is 22.2. The Bertz CT molecular complexity index is 1340. The lowest BCUT2D eigenvalue weighted by molar-refractivity contribution is -0.131. The molecule has 0 saturated heterocycles. The fourth-order valence-corrected chi connectivity index (χ4v) is 4.18. The lowest BCUT2D eigenvalue weighted by Crippen LogP contribution is -2.36. The molecule has 0 atom stereocenters. The number of amides is 1. The predicted molar refractivity (Wildman–Crippen MR) is 124 cm³/mol. The van der Waals surface area contributed by atoms with Crippen LogP contribution in [-0.4, -0.2) is 43.6 Å². The number of hydrogen-bond donors (Lipinski definition) is 0. The second-order valence-corrected chi connectivity index (χ2v) is 8.44. The molecule has 4 aromatic rings. The van der Waals surface area contributed by atoms with E-state index in [0.717, 1.165) is 11.3 Å². The van der Waals surface area contributed by atoms with Crippen LogP contribution in [-0.2, 0) is 24.2 Å². The smallest absolute Gasteiger partial charge is 0.244 e. The molecule has 2 aromatic carbocycles. The summed E-state index contributed by atoms with van der Waals surface area (Å²) in [6.45, 7) is 1.04.